The highest BCUT2D eigenvalue weighted by atomic mass is 28.4. The molecule has 0 saturated heterocycles. The number of carbonyl (C=O) groups is 2. The van der Waals surface area contributed by atoms with Crippen LogP contribution in [0.2, 0.25) is 6.55 Å². The van der Waals surface area contributed by atoms with Crippen molar-refractivity contribution in [1.29, 1.82) is 0 Å². The molecule has 0 spiro atoms. The Labute approximate surface area is 114 Å². The van der Waals surface area contributed by atoms with Crippen LogP contribution in [-0.2, 0) is 24.9 Å². The first-order chi connectivity index (χ1) is 8.87. The second-order valence-electron chi connectivity index (χ2n) is 4.32. The molecule has 1 aromatic rings. The molecule has 0 saturated carbocycles. The quantitative estimate of drug-likeness (QED) is 0.609. The van der Waals surface area contributed by atoms with Gasteiger partial charge in [-0.1, -0.05) is 30.3 Å². The van der Waals surface area contributed by atoms with Gasteiger partial charge < -0.3 is 8.85 Å². The molecule has 0 aliphatic rings. The van der Waals surface area contributed by atoms with Crippen LogP contribution in [0.15, 0.2) is 36.9 Å². The summed E-state index contributed by atoms with van der Waals surface area (Å²) in [6.45, 7) is 7.97. The maximum atomic E-state index is 11.2. The number of hydrogen-bond acceptors (Lipinski definition) is 4. The van der Waals surface area contributed by atoms with E-state index < -0.39 is 20.5 Å². The molecule has 0 radical (unpaired) electrons. The first-order valence-corrected chi connectivity index (χ1v) is 8.28. The lowest BCUT2D eigenvalue weighted by Gasteiger charge is -2.25. The highest BCUT2D eigenvalue weighted by Gasteiger charge is 2.40. The third kappa shape index (κ3) is 4.37. The fourth-order valence-corrected chi connectivity index (χ4v) is 3.94. The van der Waals surface area contributed by atoms with Crippen molar-refractivity contribution in [1.82, 2.24) is 0 Å². The molecule has 0 aliphatic heterocycles. The molecule has 0 atom stereocenters. The summed E-state index contributed by atoms with van der Waals surface area (Å²) in [4.78, 5) is 22.4. The van der Waals surface area contributed by atoms with Crippen LogP contribution < -0.4 is 5.19 Å². The van der Waals surface area contributed by atoms with Crippen LogP contribution in [0.25, 0.3) is 0 Å². The van der Waals surface area contributed by atoms with E-state index in [1.807, 2.05) is 30.3 Å². The van der Waals surface area contributed by atoms with Crippen LogP contribution in [0.4, 0.5) is 0 Å². The number of carbonyl (C=O) groups excluding carboxylic acids is 2. The molecule has 102 valence electrons. The van der Waals surface area contributed by atoms with E-state index >= 15 is 0 Å². The average Bonchev–Trinajstić information content (AvgIpc) is 2.27. The van der Waals surface area contributed by atoms with Gasteiger partial charge in [-0.05, 0) is 12.0 Å². The first kappa shape index (κ1) is 15.2. The molecule has 0 bridgehead atoms. The molecule has 19 heavy (non-hydrogen) atoms. The lowest BCUT2D eigenvalue weighted by Crippen LogP contribution is -2.53. The van der Waals surface area contributed by atoms with Gasteiger partial charge in [-0.25, -0.2) is 0 Å². The third-order valence-electron chi connectivity index (χ3n) is 2.54. The van der Waals surface area contributed by atoms with Crippen LogP contribution in [-0.4, -0.2) is 20.5 Å². The maximum Gasteiger partial charge on any atom is 0.496 e. The summed E-state index contributed by atoms with van der Waals surface area (Å²) in [5.41, 5.74) is 1.10. The van der Waals surface area contributed by atoms with E-state index in [9.17, 15) is 9.59 Å². The molecular formula is C14H18O4Si. The largest absolute Gasteiger partial charge is 0.496 e. The molecule has 0 amide bonds. The predicted octanol–water partition coefficient (Wildman–Crippen LogP) is 1.82. The molecule has 0 unspecified atom stereocenters. The van der Waals surface area contributed by atoms with Gasteiger partial charge in [0.05, 0.1) is 0 Å². The van der Waals surface area contributed by atoms with Crippen molar-refractivity contribution < 1.29 is 18.4 Å². The van der Waals surface area contributed by atoms with Crippen LogP contribution in [0.5, 0.6) is 0 Å². The zero-order chi connectivity index (χ0) is 14.5. The third-order valence-corrected chi connectivity index (χ3v) is 5.27. The van der Waals surface area contributed by atoms with Crippen molar-refractivity contribution in [3.63, 3.8) is 0 Å². The van der Waals surface area contributed by atoms with E-state index in [1.54, 1.807) is 6.55 Å². The van der Waals surface area contributed by atoms with Crippen molar-refractivity contribution in [2.75, 3.05) is 0 Å². The van der Waals surface area contributed by atoms with Gasteiger partial charge in [0.1, 0.15) is 0 Å². The molecule has 0 heterocycles. The van der Waals surface area contributed by atoms with E-state index in [1.165, 1.54) is 13.8 Å². The molecule has 4 nitrogen and oxygen atoms in total. The minimum absolute atomic E-state index is 0.453. The van der Waals surface area contributed by atoms with Gasteiger partial charge in [0.2, 0.25) is 0 Å². The zero-order valence-electron chi connectivity index (χ0n) is 11.4. The number of allylic oxidation sites excluding steroid dienone is 1. The topological polar surface area (TPSA) is 52.6 Å². The monoisotopic (exact) mass is 278 g/mol. The molecule has 5 heteroatoms. The number of hydrogen-bond donors (Lipinski definition) is 0. The van der Waals surface area contributed by atoms with E-state index in [0.717, 1.165) is 17.2 Å². The lowest BCUT2D eigenvalue weighted by atomic mass is 10.2. The van der Waals surface area contributed by atoms with Gasteiger partial charge in [0, 0.05) is 25.6 Å². The Balaban J connectivity index is 3.05. The second kappa shape index (κ2) is 6.33. The molecule has 1 aromatic carbocycles. The van der Waals surface area contributed by atoms with Gasteiger partial charge in [-0.3, -0.25) is 9.59 Å². The Morgan fingerprint density at radius 3 is 2.00 bits per heavy atom. The van der Waals surface area contributed by atoms with Crippen molar-refractivity contribution in [3.05, 3.63) is 42.5 Å². The average molecular weight is 278 g/mol. The first-order valence-electron chi connectivity index (χ1n) is 5.97. The molecule has 1 rings (SSSR count). The van der Waals surface area contributed by atoms with E-state index in [-0.39, 0.29) is 0 Å². The highest BCUT2D eigenvalue weighted by molar-refractivity contribution is 6.82. The predicted molar refractivity (Wildman–Crippen MR) is 75.1 cm³/mol. The smallest absolute Gasteiger partial charge is 0.482 e. The Morgan fingerprint density at radius 1 is 1.16 bits per heavy atom. The van der Waals surface area contributed by atoms with E-state index in [4.69, 9.17) is 8.85 Å². The molecular weight excluding hydrogens is 260 g/mol. The Bertz CT molecular complexity index is 463. The van der Waals surface area contributed by atoms with Crippen molar-refractivity contribution in [2.45, 2.75) is 26.8 Å². The fraction of sp³-hybridized carbons (Fsp3) is 0.286. The fourth-order valence-electron chi connectivity index (χ4n) is 1.80. The van der Waals surface area contributed by atoms with Crippen LogP contribution in [0.3, 0.4) is 0 Å². The van der Waals surface area contributed by atoms with Crippen LogP contribution in [0.1, 0.15) is 19.4 Å². The van der Waals surface area contributed by atoms with Crippen LogP contribution >= 0.6 is 0 Å². The van der Waals surface area contributed by atoms with Gasteiger partial charge in [-0.2, -0.15) is 0 Å². The van der Waals surface area contributed by atoms with E-state index in [0.29, 0.717) is 0 Å². The summed E-state index contributed by atoms with van der Waals surface area (Å²) < 4.78 is 10.5. The molecule has 0 aliphatic carbocycles. The van der Waals surface area contributed by atoms with Gasteiger partial charge in [0.25, 0.3) is 11.9 Å². The van der Waals surface area contributed by atoms with Crippen molar-refractivity contribution in [3.8, 4) is 0 Å². The highest BCUT2D eigenvalue weighted by Crippen LogP contribution is 2.10. The molecule has 0 fully saturated rings. The van der Waals surface area contributed by atoms with E-state index in [2.05, 4.69) is 6.58 Å². The normalized spacial score (nSPS) is 10.7. The minimum atomic E-state index is -3.02. The SMILES string of the molecule is C=CCc1ccc([Si](C)(OC(C)=O)OC(C)=O)cc1. The van der Waals surface area contributed by atoms with Gasteiger partial charge in [0.15, 0.2) is 0 Å². The summed E-state index contributed by atoms with van der Waals surface area (Å²) in [5, 5.41) is 0.741. The minimum Gasteiger partial charge on any atom is -0.482 e. The standard InChI is InChI=1S/C14H18O4Si/c1-5-6-13-7-9-14(10-8-13)19(4,17-11(2)15)18-12(3)16/h5,7-10H,1,6H2,2-4H3. The number of benzene rings is 1. The summed E-state index contributed by atoms with van der Waals surface area (Å²) in [6.07, 6.45) is 2.57. The summed E-state index contributed by atoms with van der Waals surface area (Å²) in [7, 11) is -3.02. The molecule has 0 aromatic heterocycles. The zero-order valence-corrected chi connectivity index (χ0v) is 12.4. The van der Waals surface area contributed by atoms with Crippen LogP contribution in [0, 0.1) is 0 Å². The van der Waals surface area contributed by atoms with Gasteiger partial charge >= 0.3 is 8.56 Å². The van der Waals surface area contributed by atoms with Crippen molar-refractivity contribution >= 4 is 25.7 Å². The second-order valence-corrected chi connectivity index (χ2v) is 7.20. The Hall–Kier alpha value is -1.88. The number of rotatable bonds is 5. The molecule has 0 N–H and O–H groups in total. The summed E-state index contributed by atoms with van der Waals surface area (Å²) >= 11 is 0. The van der Waals surface area contributed by atoms with Gasteiger partial charge in [-0.15, -0.1) is 6.58 Å². The summed E-state index contributed by atoms with van der Waals surface area (Å²) in [6, 6.07) is 7.48. The van der Waals surface area contributed by atoms with Crippen molar-refractivity contribution in [2.24, 2.45) is 0 Å². The summed E-state index contributed by atoms with van der Waals surface area (Å²) in [5.74, 6) is -0.906. The Morgan fingerprint density at radius 2 is 1.63 bits per heavy atom. The lowest BCUT2D eigenvalue weighted by molar-refractivity contribution is -0.138. The Kier molecular flexibility index (Phi) is 5.06. The maximum absolute atomic E-state index is 11.2.